The summed E-state index contributed by atoms with van der Waals surface area (Å²) < 4.78 is 5.70. The Morgan fingerprint density at radius 1 is 0.900 bits per heavy atom. The Hall–Kier alpha value is -3.08. The van der Waals surface area contributed by atoms with Crippen LogP contribution in [-0.4, -0.2) is 29.4 Å². The van der Waals surface area contributed by atoms with E-state index in [1.165, 1.54) is 10.5 Å². The molecule has 0 saturated heterocycles. The predicted octanol–water partition coefficient (Wildman–Crippen LogP) is 5.20. The van der Waals surface area contributed by atoms with Gasteiger partial charge in [-0.1, -0.05) is 45.0 Å². The highest BCUT2D eigenvalue weighted by atomic mass is 16.5. The van der Waals surface area contributed by atoms with Gasteiger partial charge in [0.15, 0.2) is 0 Å². The number of amides is 2. The molecule has 5 heteroatoms. The van der Waals surface area contributed by atoms with Crippen LogP contribution in [-0.2, 0) is 9.59 Å². The van der Waals surface area contributed by atoms with Gasteiger partial charge in [-0.15, -0.1) is 0 Å². The summed E-state index contributed by atoms with van der Waals surface area (Å²) in [5, 5.41) is 3.21. The zero-order valence-corrected chi connectivity index (χ0v) is 18.4. The molecule has 5 nitrogen and oxygen atoms in total. The van der Waals surface area contributed by atoms with Crippen LogP contribution < -0.4 is 10.1 Å². The molecule has 1 N–H and O–H groups in total. The number of nitrogens with one attached hydrogen (secondary N) is 1. The number of rotatable bonds is 8. The quantitative estimate of drug-likeness (QED) is 0.612. The van der Waals surface area contributed by atoms with Crippen LogP contribution in [0.2, 0.25) is 0 Å². The van der Waals surface area contributed by atoms with Crippen LogP contribution in [0.5, 0.6) is 5.75 Å². The van der Waals surface area contributed by atoms with Gasteiger partial charge in [0.1, 0.15) is 11.4 Å². The van der Waals surface area contributed by atoms with Crippen molar-refractivity contribution in [1.82, 2.24) is 4.90 Å². The van der Waals surface area contributed by atoms with E-state index >= 15 is 0 Å². The van der Waals surface area contributed by atoms with Crippen molar-refractivity contribution in [3.8, 4) is 5.75 Å². The molecule has 0 unspecified atom stereocenters. The maximum absolute atomic E-state index is 13.1. The molecule has 2 aromatic carbocycles. The summed E-state index contributed by atoms with van der Waals surface area (Å²) in [6.45, 7) is 10.5. The molecule has 1 aliphatic heterocycles. The third-order valence-electron chi connectivity index (χ3n) is 4.98. The molecule has 0 atom stereocenters. The van der Waals surface area contributed by atoms with Crippen molar-refractivity contribution in [1.29, 1.82) is 0 Å². The second kappa shape index (κ2) is 9.16. The van der Waals surface area contributed by atoms with Gasteiger partial charge in [0, 0.05) is 12.2 Å². The Kier molecular flexibility index (Phi) is 6.60. The number of benzene rings is 2. The predicted molar refractivity (Wildman–Crippen MR) is 120 cm³/mol. The first-order valence-corrected chi connectivity index (χ1v) is 10.6. The Balaban J connectivity index is 1.97. The summed E-state index contributed by atoms with van der Waals surface area (Å²) in [5.41, 5.74) is 3.42. The lowest BCUT2D eigenvalue weighted by molar-refractivity contribution is -0.136. The monoisotopic (exact) mass is 406 g/mol. The van der Waals surface area contributed by atoms with Crippen LogP contribution in [0.3, 0.4) is 0 Å². The highest BCUT2D eigenvalue weighted by molar-refractivity contribution is 6.36. The van der Waals surface area contributed by atoms with E-state index < -0.39 is 0 Å². The van der Waals surface area contributed by atoms with Crippen LogP contribution in [0, 0.1) is 0 Å². The second-order valence-corrected chi connectivity index (χ2v) is 8.10. The van der Waals surface area contributed by atoms with Crippen LogP contribution >= 0.6 is 0 Å². The van der Waals surface area contributed by atoms with Crippen LogP contribution in [0.1, 0.15) is 58.1 Å². The molecular formula is C25H30N2O3. The third-order valence-corrected chi connectivity index (χ3v) is 4.98. The van der Waals surface area contributed by atoms with Crippen molar-refractivity contribution >= 4 is 23.1 Å². The van der Waals surface area contributed by atoms with Gasteiger partial charge in [-0.3, -0.25) is 14.5 Å². The van der Waals surface area contributed by atoms with E-state index in [1.807, 2.05) is 69.3 Å². The SMILES string of the molecule is CCCN1C(=O)C(Nc2ccc(C(C)C)cc2)=C(c2ccc(OC(C)C)cc2)C1=O. The van der Waals surface area contributed by atoms with E-state index in [0.29, 0.717) is 35.7 Å². The van der Waals surface area contributed by atoms with Crippen molar-refractivity contribution in [3.05, 3.63) is 65.4 Å². The van der Waals surface area contributed by atoms with Gasteiger partial charge in [-0.05, 0) is 61.6 Å². The molecule has 0 radical (unpaired) electrons. The van der Waals surface area contributed by atoms with Crippen molar-refractivity contribution in [3.63, 3.8) is 0 Å². The van der Waals surface area contributed by atoms with Crippen molar-refractivity contribution < 1.29 is 14.3 Å². The number of imide groups is 1. The smallest absolute Gasteiger partial charge is 0.278 e. The molecule has 0 aromatic heterocycles. The summed E-state index contributed by atoms with van der Waals surface area (Å²) in [4.78, 5) is 27.4. The molecule has 3 rings (SSSR count). The number of nitrogens with zero attached hydrogens (tertiary/aromatic N) is 1. The average molecular weight is 407 g/mol. The Morgan fingerprint density at radius 2 is 1.53 bits per heavy atom. The van der Waals surface area contributed by atoms with Gasteiger partial charge >= 0.3 is 0 Å². The van der Waals surface area contributed by atoms with E-state index in [9.17, 15) is 9.59 Å². The second-order valence-electron chi connectivity index (χ2n) is 8.10. The van der Waals surface area contributed by atoms with Gasteiger partial charge in [0.25, 0.3) is 11.8 Å². The van der Waals surface area contributed by atoms with Gasteiger partial charge < -0.3 is 10.1 Å². The number of carbonyl (C=O) groups excluding carboxylic acids is 2. The molecule has 0 saturated carbocycles. The topological polar surface area (TPSA) is 58.6 Å². The van der Waals surface area contributed by atoms with E-state index in [-0.39, 0.29) is 17.9 Å². The largest absolute Gasteiger partial charge is 0.491 e. The normalized spacial score (nSPS) is 14.3. The minimum absolute atomic E-state index is 0.0656. The summed E-state index contributed by atoms with van der Waals surface area (Å²) in [5.74, 6) is 0.610. The first-order chi connectivity index (χ1) is 14.3. The lowest BCUT2D eigenvalue weighted by atomic mass is 10.0. The van der Waals surface area contributed by atoms with Gasteiger partial charge in [-0.2, -0.15) is 0 Å². The zero-order chi connectivity index (χ0) is 21.8. The molecule has 2 aromatic rings. The lowest BCUT2D eigenvalue weighted by Crippen LogP contribution is -2.33. The molecule has 158 valence electrons. The molecule has 0 bridgehead atoms. The fraction of sp³-hybridized carbons (Fsp3) is 0.360. The number of hydrogen-bond donors (Lipinski definition) is 1. The lowest BCUT2D eigenvalue weighted by Gasteiger charge is -2.14. The van der Waals surface area contributed by atoms with E-state index in [2.05, 4.69) is 19.2 Å². The number of hydrogen-bond acceptors (Lipinski definition) is 4. The van der Waals surface area contributed by atoms with Crippen molar-refractivity contribution in [2.45, 2.75) is 53.1 Å². The van der Waals surface area contributed by atoms with E-state index in [4.69, 9.17) is 4.74 Å². The maximum atomic E-state index is 13.1. The first-order valence-electron chi connectivity index (χ1n) is 10.6. The minimum Gasteiger partial charge on any atom is -0.491 e. The fourth-order valence-corrected chi connectivity index (χ4v) is 3.45. The van der Waals surface area contributed by atoms with Crippen LogP contribution in [0.25, 0.3) is 5.57 Å². The highest BCUT2D eigenvalue weighted by Gasteiger charge is 2.38. The number of ether oxygens (including phenoxy) is 1. The van der Waals surface area contributed by atoms with Crippen LogP contribution in [0.4, 0.5) is 5.69 Å². The van der Waals surface area contributed by atoms with Crippen molar-refractivity contribution in [2.24, 2.45) is 0 Å². The maximum Gasteiger partial charge on any atom is 0.278 e. The molecule has 2 amide bonds. The summed E-state index contributed by atoms with van der Waals surface area (Å²) in [7, 11) is 0. The van der Waals surface area contributed by atoms with Crippen LogP contribution in [0.15, 0.2) is 54.2 Å². The zero-order valence-electron chi connectivity index (χ0n) is 18.4. The molecule has 0 aliphatic carbocycles. The molecule has 1 heterocycles. The molecular weight excluding hydrogens is 376 g/mol. The Morgan fingerprint density at radius 3 is 2.07 bits per heavy atom. The summed E-state index contributed by atoms with van der Waals surface area (Å²) in [6, 6.07) is 15.3. The summed E-state index contributed by atoms with van der Waals surface area (Å²) in [6.07, 6.45) is 0.776. The number of anilines is 1. The molecule has 1 aliphatic rings. The Bertz CT molecular complexity index is 941. The van der Waals surface area contributed by atoms with Crippen molar-refractivity contribution in [2.75, 3.05) is 11.9 Å². The fourth-order valence-electron chi connectivity index (χ4n) is 3.45. The Labute approximate surface area is 178 Å². The van der Waals surface area contributed by atoms with E-state index in [0.717, 1.165) is 11.4 Å². The minimum atomic E-state index is -0.285. The highest BCUT2D eigenvalue weighted by Crippen LogP contribution is 2.32. The van der Waals surface area contributed by atoms with Gasteiger partial charge in [-0.25, -0.2) is 0 Å². The molecule has 0 fully saturated rings. The molecule has 0 spiro atoms. The molecule has 30 heavy (non-hydrogen) atoms. The van der Waals surface area contributed by atoms with Gasteiger partial charge in [0.05, 0.1) is 11.7 Å². The first kappa shape index (κ1) is 21.6. The average Bonchev–Trinajstić information content (AvgIpc) is 2.93. The summed E-state index contributed by atoms with van der Waals surface area (Å²) >= 11 is 0. The van der Waals surface area contributed by atoms with Gasteiger partial charge in [0.2, 0.25) is 0 Å². The third kappa shape index (κ3) is 4.56. The standard InChI is InChI=1S/C25H30N2O3/c1-6-15-27-24(28)22(19-9-13-21(14-10-19)30-17(4)5)23(25(27)29)26-20-11-7-18(8-12-20)16(2)3/h7-14,16-17,26H,6,15H2,1-5H3. The van der Waals surface area contributed by atoms with E-state index in [1.54, 1.807) is 0 Å². The number of carbonyl (C=O) groups is 2.